The fraction of sp³-hybridized carbons (Fsp3) is 0.294. The fourth-order valence-electron chi connectivity index (χ4n) is 3.10. The minimum atomic E-state index is 0.489. The number of likely N-dealkylation sites (tertiary alicyclic amines) is 1. The Bertz CT molecular complexity index is 702. The Labute approximate surface area is 123 Å². The average Bonchev–Trinajstić information content (AvgIpc) is 3.14. The van der Waals surface area contributed by atoms with Gasteiger partial charge in [-0.1, -0.05) is 30.3 Å². The molecule has 3 heterocycles. The van der Waals surface area contributed by atoms with Crippen LogP contribution in [-0.4, -0.2) is 32.9 Å². The fourth-order valence-corrected chi connectivity index (χ4v) is 3.10. The summed E-state index contributed by atoms with van der Waals surface area (Å²) in [6.45, 7) is 3.22. The Kier molecular flexibility index (Phi) is 3.16. The van der Waals surface area contributed by atoms with Crippen molar-refractivity contribution in [1.82, 2.24) is 19.9 Å². The van der Waals surface area contributed by atoms with E-state index in [-0.39, 0.29) is 0 Å². The summed E-state index contributed by atoms with van der Waals surface area (Å²) < 4.78 is 0. The van der Waals surface area contributed by atoms with Gasteiger partial charge in [0.1, 0.15) is 5.82 Å². The quantitative estimate of drug-likeness (QED) is 0.801. The van der Waals surface area contributed by atoms with Crippen molar-refractivity contribution in [1.29, 1.82) is 0 Å². The zero-order valence-electron chi connectivity index (χ0n) is 11.9. The highest BCUT2D eigenvalue weighted by Gasteiger charge is 2.26. The van der Waals surface area contributed by atoms with E-state index in [0.29, 0.717) is 5.92 Å². The zero-order valence-corrected chi connectivity index (χ0v) is 11.9. The molecule has 4 heteroatoms. The number of rotatable bonds is 3. The second-order valence-corrected chi connectivity index (χ2v) is 5.70. The highest BCUT2D eigenvalue weighted by Crippen LogP contribution is 2.27. The number of pyridine rings is 1. The van der Waals surface area contributed by atoms with Gasteiger partial charge in [-0.2, -0.15) is 0 Å². The zero-order chi connectivity index (χ0) is 14.1. The first-order chi connectivity index (χ1) is 10.4. The predicted octanol–water partition coefficient (Wildman–Crippen LogP) is 2.95. The van der Waals surface area contributed by atoms with E-state index in [1.165, 1.54) is 5.56 Å². The summed E-state index contributed by atoms with van der Waals surface area (Å²) in [5, 5.41) is 0. The van der Waals surface area contributed by atoms with E-state index < -0.39 is 0 Å². The third-order valence-corrected chi connectivity index (χ3v) is 4.18. The second kappa shape index (κ2) is 5.30. The summed E-state index contributed by atoms with van der Waals surface area (Å²) in [6.07, 6.45) is 2.95. The van der Waals surface area contributed by atoms with Crippen LogP contribution in [0.1, 0.15) is 23.7 Å². The molecule has 0 spiro atoms. The standard InChI is InChI=1S/C17H18N4/c1-2-5-13(6-3-1)11-21-10-8-14(12-21)16-19-15-7-4-9-18-17(15)20-16/h1-7,9,14H,8,10-12H2,(H,18,19,20). The molecule has 1 N–H and O–H groups in total. The summed E-state index contributed by atoms with van der Waals surface area (Å²) in [7, 11) is 0. The maximum Gasteiger partial charge on any atom is 0.177 e. The topological polar surface area (TPSA) is 44.8 Å². The van der Waals surface area contributed by atoms with Gasteiger partial charge in [0.2, 0.25) is 0 Å². The number of imidazole rings is 1. The number of benzene rings is 1. The van der Waals surface area contributed by atoms with Crippen LogP contribution in [0.3, 0.4) is 0 Å². The van der Waals surface area contributed by atoms with E-state index in [9.17, 15) is 0 Å². The Morgan fingerprint density at radius 3 is 2.90 bits per heavy atom. The first-order valence-corrected chi connectivity index (χ1v) is 7.45. The Morgan fingerprint density at radius 2 is 2.05 bits per heavy atom. The Balaban J connectivity index is 1.48. The molecule has 21 heavy (non-hydrogen) atoms. The number of hydrogen-bond acceptors (Lipinski definition) is 3. The molecule has 0 amide bonds. The van der Waals surface area contributed by atoms with Crippen molar-refractivity contribution in [2.24, 2.45) is 0 Å². The number of nitrogens with one attached hydrogen (secondary N) is 1. The number of H-pyrrole nitrogens is 1. The molecule has 0 aliphatic carbocycles. The first-order valence-electron chi connectivity index (χ1n) is 7.45. The molecule has 1 fully saturated rings. The Hall–Kier alpha value is -2.20. The van der Waals surface area contributed by atoms with Crippen molar-refractivity contribution < 1.29 is 0 Å². The minimum Gasteiger partial charge on any atom is -0.340 e. The molecular weight excluding hydrogens is 260 g/mol. The molecule has 3 aromatic rings. The number of nitrogens with zero attached hydrogens (tertiary/aromatic N) is 3. The maximum atomic E-state index is 4.64. The van der Waals surface area contributed by atoms with Gasteiger partial charge in [-0.15, -0.1) is 0 Å². The molecule has 1 unspecified atom stereocenters. The lowest BCUT2D eigenvalue weighted by Gasteiger charge is -2.15. The Morgan fingerprint density at radius 1 is 1.14 bits per heavy atom. The van der Waals surface area contributed by atoms with E-state index in [4.69, 9.17) is 0 Å². The molecule has 1 saturated heterocycles. The molecule has 1 aliphatic heterocycles. The molecule has 1 aliphatic rings. The van der Waals surface area contributed by atoms with Gasteiger partial charge in [0.15, 0.2) is 5.65 Å². The summed E-state index contributed by atoms with van der Waals surface area (Å²) in [5.74, 6) is 1.57. The summed E-state index contributed by atoms with van der Waals surface area (Å²) in [5.41, 5.74) is 3.24. The van der Waals surface area contributed by atoms with Crippen LogP contribution >= 0.6 is 0 Å². The number of hydrogen-bond donors (Lipinski definition) is 1. The first kappa shape index (κ1) is 12.5. The van der Waals surface area contributed by atoms with E-state index in [1.54, 1.807) is 6.20 Å². The molecule has 1 atom stereocenters. The van der Waals surface area contributed by atoms with Crippen LogP contribution in [0.2, 0.25) is 0 Å². The molecule has 4 rings (SSSR count). The van der Waals surface area contributed by atoms with Crippen molar-refractivity contribution in [2.75, 3.05) is 13.1 Å². The molecule has 4 nitrogen and oxygen atoms in total. The van der Waals surface area contributed by atoms with Gasteiger partial charge in [0.05, 0.1) is 5.52 Å². The lowest BCUT2D eigenvalue weighted by atomic mass is 10.1. The van der Waals surface area contributed by atoms with Gasteiger partial charge in [-0.25, -0.2) is 9.97 Å². The highest BCUT2D eigenvalue weighted by molar-refractivity contribution is 5.70. The van der Waals surface area contributed by atoms with Gasteiger partial charge in [-0.05, 0) is 30.7 Å². The maximum absolute atomic E-state index is 4.64. The van der Waals surface area contributed by atoms with Crippen LogP contribution in [0.15, 0.2) is 48.7 Å². The van der Waals surface area contributed by atoms with Crippen LogP contribution < -0.4 is 0 Å². The van der Waals surface area contributed by atoms with Crippen LogP contribution in [0.4, 0.5) is 0 Å². The predicted molar refractivity (Wildman–Crippen MR) is 83.0 cm³/mol. The summed E-state index contributed by atoms with van der Waals surface area (Å²) >= 11 is 0. The van der Waals surface area contributed by atoms with Crippen molar-refractivity contribution in [2.45, 2.75) is 18.9 Å². The molecule has 1 aromatic carbocycles. The number of aromatic nitrogens is 3. The van der Waals surface area contributed by atoms with Crippen molar-refractivity contribution >= 4 is 11.2 Å². The average molecular weight is 278 g/mol. The van der Waals surface area contributed by atoms with Crippen LogP contribution in [-0.2, 0) is 6.54 Å². The lowest BCUT2D eigenvalue weighted by Crippen LogP contribution is -2.19. The van der Waals surface area contributed by atoms with Gasteiger partial charge in [-0.3, -0.25) is 4.90 Å². The monoisotopic (exact) mass is 278 g/mol. The second-order valence-electron chi connectivity index (χ2n) is 5.70. The highest BCUT2D eigenvalue weighted by atomic mass is 15.2. The number of fused-ring (bicyclic) bond motifs is 1. The largest absolute Gasteiger partial charge is 0.340 e. The third-order valence-electron chi connectivity index (χ3n) is 4.18. The van der Waals surface area contributed by atoms with Gasteiger partial charge in [0, 0.05) is 25.2 Å². The summed E-state index contributed by atoms with van der Waals surface area (Å²) in [6, 6.07) is 14.6. The lowest BCUT2D eigenvalue weighted by molar-refractivity contribution is 0.326. The molecule has 2 aromatic heterocycles. The SMILES string of the molecule is c1ccc(CN2CCC(c3nc4ncccc4[nH]3)C2)cc1. The van der Waals surface area contributed by atoms with Gasteiger partial charge >= 0.3 is 0 Å². The van der Waals surface area contributed by atoms with Crippen molar-refractivity contribution in [3.8, 4) is 0 Å². The van der Waals surface area contributed by atoms with Crippen molar-refractivity contribution in [3.63, 3.8) is 0 Å². The molecule has 0 bridgehead atoms. The van der Waals surface area contributed by atoms with E-state index in [1.807, 2.05) is 12.1 Å². The minimum absolute atomic E-state index is 0.489. The molecule has 0 saturated carbocycles. The van der Waals surface area contributed by atoms with Crippen LogP contribution in [0.5, 0.6) is 0 Å². The van der Waals surface area contributed by atoms with E-state index in [0.717, 1.165) is 43.0 Å². The van der Waals surface area contributed by atoms with E-state index in [2.05, 4.69) is 50.2 Å². The van der Waals surface area contributed by atoms with Crippen molar-refractivity contribution in [3.05, 3.63) is 60.0 Å². The third kappa shape index (κ3) is 2.54. The molecule has 106 valence electrons. The summed E-state index contributed by atoms with van der Waals surface area (Å²) in [4.78, 5) is 14.9. The van der Waals surface area contributed by atoms with Gasteiger partial charge in [0.25, 0.3) is 0 Å². The smallest absolute Gasteiger partial charge is 0.177 e. The van der Waals surface area contributed by atoms with Gasteiger partial charge < -0.3 is 4.98 Å². The molecular formula is C17H18N4. The van der Waals surface area contributed by atoms with Crippen LogP contribution in [0, 0.1) is 0 Å². The van der Waals surface area contributed by atoms with E-state index >= 15 is 0 Å². The number of aromatic amines is 1. The molecule has 0 radical (unpaired) electrons. The van der Waals surface area contributed by atoms with Crippen LogP contribution in [0.25, 0.3) is 11.2 Å². The normalized spacial score (nSPS) is 19.3.